The molecule has 20 heavy (non-hydrogen) atoms. The van der Waals surface area contributed by atoms with Crippen molar-refractivity contribution in [2.45, 2.75) is 24.6 Å². The van der Waals surface area contributed by atoms with Gasteiger partial charge in [0.25, 0.3) is 0 Å². The van der Waals surface area contributed by atoms with E-state index >= 15 is 0 Å². The summed E-state index contributed by atoms with van der Waals surface area (Å²) < 4.78 is 45.4. The normalized spacial score (nSPS) is 10.8. The van der Waals surface area contributed by atoms with Gasteiger partial charge in [0.15, 0.2) is 5.75 Å². The lowest BCUT2D eigenvalue weighted by atomic mass is 10.0. The van der Waals surface area contributed by atoms with E-state index in [0.29, 0.717) is 0 Å². The van der Waals surface area contributed by atoms with Crippen LogP contribution in [0.2, 0.25) is 0 Å². The Morgan fingerprint density at radius 3 is 2.60 bits per heavy atom. The minimum atomic E-state index is -4.95. The largest absolute Gasteiger partial charge is 0.573 e. The van der Waals surface area contributed by atoms with Crippen LogP contribution in [0, 0.1) is 11.3 Å². The Kier molecular flexibility index (Phi) is 5.27. The van der Waals surface area contributed by atoms with E-state index in [1.807, 2.05) is 0 Å². The van der Waals surface area contributed by atoms with Crippen molar-refractivity contribution in [3.63, 3.8) is 0 Å². The molecule has 0 saturated carbocycles. The van der Waals surface area contributed by atoms with Crippen LogP contribution in [0.1, 0.15) is 18.1 Å². The first-order chi connectivity index (χ1) is 9.28. The Labute approximate surface area is 118 Å². The molecule has 8 heteroatoms. The van der Waals surface area contributed by atoms with Crippen LogP contribution in [0.15, 0.2) is 17.0 Å². The van der Waals surface area contributed by atoms with Crippen molar-refractivity contribution < 1.29 is 27.4 Å². The molecule has 1 rings (SSSR count). The molecule has 0 fully saturated rings. The monoisotopic (exact) mass is 305 g/mol. The van der Waals surface area contributed by atoms with Crippen molar-refractivity contribution in [3.05, 3.63) is 23.3 Å². The molecule has 0 aliphatic rings. The number of carbonyl (C=O) groups is 1. The van der Waals surface area contributed by atoms with E-state index in [2.05, 4.69) is 22.1 Å². The third-order valence-electron chi connectivity index (χ3n) is 2.19. The number of hydrogen-bond acceptors (Lipinski definition) is 5. The van der Waals surface area contributed by atoms with Crippen molar-refractivity contribution in [1.29, 1.82) is 5.26 Å². The molecule has 0 heterocycles. The maximum Gasteiger partial charge on any atom is 0.573 e. The van der Waals surface area contributed by atoms with Crippen molar-refractivity contribution in [2.24, 2.45) is 0 Å². The summed E-state index contributed by atoms with van der Waals surface area (Å²) >= 11 is 3.82. The molecule has 0 aromatic heterocycles. The van der Waals surface area contributed by atoms with Gasteiger partial charge in [-0.3, -0.25) is 4.79 Å². The zero-order chi connectivity index (χ0) is 15.3. The topological polar surface area (TPSA) is 59.3 Å². The van der Waals surface area contributed by atoms with E-state index < -0.39 is 18.1 Å². The van der Waals surface area contributed by atoms with E-state index in [9.17, 15) is 18.0 Å². The highest BCUT2D eigenvalue weighted by molar-refractivity contribution is 7.80. The van der Waals surface area contributed by atoms with Gasteiger partial charge in [-0.05, 0) is 18.6 Å². The molecular weight excluding hydrogens is 295 g/mol. The Morgan fingerprint density at radius 2 is 2.10 bits per heavy atom. The Bertz CT molecular complexity index is 552. The van der Waals surface area contributed by atoms with Crippen LogP contribution >= 0.6 is 12.6 Å². The summed E-state index contributed by atoms with van der Waals surface area (Å²) in [6, 6.07) is 4.15. The van der Waals surface area contributed by atoms with Crippen molar-refractivity contribution in [2.75, 3.05) is 6.61 Å². The van der Waals surface area contributed by atoms with Gasteiger partial charge in [-0.2, -0.15) is 5.26 Å². The van der Waals surface area contributed by atoms with E-state index in [1.54, 1.807) is 13.0 Å². The highest BCUT2D eigenvalue weighted by Gasteiger charge is 2.33. The second-order valence-electron chi connectivity index (χ2n) is 3.59. The number of halogens is 3. The summed E-state index contributed by atoms with van der Waals surface area (Å²) in [7, 11) is 0. The molecule has 0 bridgehead atoms. The van der Waals surface area contributed by atoms with Crippen LogP contribution in [-0.4, -0.2) is 18.9 Å². The average Bonchev–Trinajstić information content (AvgIpc) is 2.32. The minimum absolute atomic E-state index is 0.0861. The fourth-order valence-corrected chi connectivity index (χ4v) is 1.70. The van der Waals surface area contributed by atoms with E-state index in [4.69, 9.17) is 5.26 Å². The summed E-state index contributed by atoms with van der Waals surface area (Å²) in [5.74, 6) is -1.36. The van der Waals surface area contributed by atoms with Gasteiger partial charge in [-0.15, -0.1) is 25.8 Å². The summed E-state index contributed by atoms with van der Waals surface area (Å²) in [6.45, 7) is 1.73. The molecule has 0 aliphatic carbocycles. The van der Waals surface area contributed by atoms with Gasteiger partial charge < -0.3 is 9.47 Å². The molecule has 0 aliphatic heterocycles. The van der Waals surface area contributed by atoms with Crippen LogP contribution in [0.5, 0.6) is 5.75 Å². The predicted molar refractivity (Wildman–Crippen MR) is 65.4 cm³/mol. The molecule has 0 saturated heterocycles. The fourth-order valence-electron chi connectivity index (χ4n) is 1.47. The lowest BCUT2D eigenvalue weighted by molar-refractivity contribution is -0.275. The Hall–Kier alpha value is -1.88. The first-order valence-corrected chi connectivity index (χ1v) is 5.89. The molecule has 0 spiro atoms. The van der Waals surface area contributed by atoms with Gasteiger partial charge >= 0.3 is 12.3 Å². The molecule has 0 unspecified atom stereocenters. The maximum absolute atomic E-state index is 12.3. The zero-order valence-corrected chi connectivity index (χ0v) is 11.2. The molecule has 1 aromatic rings. The maximum atomic E-state index is 12.3. The van der Waals surface area contributed by atoms with Crippen LogP contribution in [0.25, 0.3) is 0 Å². The number of carbonyl (C=O) groups excluding carboxylic acids is 1. The summed E-state index contributed by atoms with van der Waals surface area (Å²) in [4.78, 5) is 11.2. The first kappa shape index (κ1) is 16.2. The molecular formula is C12H10F3NO3S. The van der Waals surface area contributed by atoms with Crippen LogP contribution in [0.3, 0.4) is 0 Å². The lowest BCUT2D eigenvalue weighted by Crippen LogP contribution is -2.19. The van der Waals surface area contributed by atoms with Crippen molar-refractivity contribution >= 4 is 18.6 Å². The molecule has 1 aromatic carbocycles. The highest BCUT2D eigenvalue weighted by atomic mass is 32.1. The Morgan fingerprint density at radius 1 is 1.45 bits per heavy atom. The molecule has 0 radical (unpaired) electrons. The average molecular weight is 305 g/mol. The number of nitrogens with zero attached hydrogens (tertiary/aromatic N) is 1. The van der Waals surface area contributed by atoms with Gasteiger partial charge in [-0.25, -0.2) is 0 Å². The zero-order valence-electron chi connectivity index (χ0n) is 10.3. The SMILES string of the molecule is CCOC(=O)Cc1ccc(S)c(OC(F)(F)F)c1C#N. The highest BCUT2D eigenvalue weighted by Crippen LogP contribution is 2.34. The molecule has 108 valence electrons. The lowest BCUT2D eigenvalue weighted by Gasteiger charge is -2.14. The number of hydrogen-bond donors (Lipinski definition) is 1. The van der Waals surface area contributed by atoms with Crippen molar-refractivity contribution in [1.82, 2.24) is 0 Å². The second-order valence-corrected chi connectivity index (χ2v) is 4.07. The summed E-state index contributed by atoms with van der Waals surface area (Å²) in [6.07, 6.45) is -5.27. The summed E-state index contributed by atoms with van der Waals surface area (Å²) in [5, 5.41) is 8.98. The number of alkyl halides is 3. The molecule has 0 N–H and O–H groups in total. The van der Waals surface area contributed by atoms with Gasteiger partial charge in [0.05, 0.1) is 18.6 Å². The molecule has 4 nitrogen and oxygen atoms in total. The number of thiol groups is 1. The third kappa shape index (κ3) is 4.35. The number of esters is 1. The Balaban J connectivity index is 3.18. The first-order valence-electron chi connectivity index (χ1n) is 5.44. The van der Waals surface area contributed by atoms with Crippen LogP contribution in [-0.2, 0) is 16.0 Å². The van der Waals surface area contributed by atoms with Crippen LogP contribution in [0.4, 0.5) is 13.2 Å². The van der Waals surface area contributed by atoms with E-state index in [0.717, 1.165) is 0 Å². The summed E-state index contributed by atoms with van der Waals surface area (Å²) in [5.41, 5.74) is -0.300. The quantitative estimate of drug-likeness (QED) is 0.686. The molecule has 0 atom stereocenters. The predicted octanol–water partition coefficient (Wildman–Crippen LogP) is 2.85. The van der Waals surface area contributed by atoms with Crippen LogP contribution < -0.4 is 4.74 Å². The third-order valence-corrected chi connectivity index (χ3v) is 2.55. The van der Waals surface area contributed by atoms with E-state index in [-0.39, 0.29) is 29.1 Å². The second kappa shape index (κ2) is 6.52. The fraction of sp³-hybridized carbons (Fsp3) is 0.333. The molecule has 0 amide bonds. The number of ether oxygens (including phenoxy) is 2. The van der Waals surface area contributed by atoms with Gasteiger partial charge in [0, 0.05) is 4.90 Å². The number of nitriles is 1. The minimum Gasteiger partial charge on any atom is -0.466 e. The van der Waals surface area contributed by atoms with Gasteiger partial charge in [0.2, 0.25) is 0 Å². The van der Waals surface area contributed by atoms with Gasteiger partial charge in [-0.1, -0.05) is 6.07 Å². The standard InChI is InChI=1S/C12H10F3NO3S/c1-2-18-10(17)5-7-3-4-9(20)11(8(7)6-16)19-12(13,14)15/h3-4,20H,2,5H2,1H3. The smallest absolute Gasteiger partial charge is 0.466 e. The van der Waals surface area contributed by atoms with E-state index in [1.165, 1.54) is 12.1 Å². The number of rotatable bonds is 4. The van der Waals surface area contributed by atoms with Gasteiger partial charge in [0.1, 0.15) is 6.07 Å². The number of benzene rings is 1. The van der Waals surface area contributed by atoms with Crippen molar-refractivity contribution in [3.8, 4) is 11.8 Å².